The molecule has 0 amide bonds. The Bertz CT molecular complexity index is 450. The molecule has 2 rings (SSSR count). The van der Waals surface area contributed by atoms with Crippen molar-refractivity contribution in [3.63, 3.8) is 0 Å². The number of carboxylic acid groups (broad SMARTS) is 1. The summed E-state index contributed by atoms with van der Waals surface area (Å²) in [5.74, 6) is -1.01. The molecule has 0 saturated heterocycles. The standard InChI is InChI=1S/C9H8N2O3S/c12-8(13)7-5-15-9(11-7)10-3-6-1-2-14-4-6/h1-2,4-5H,3H2,(H,10,11)(H,12,13). The summed E-state index contributed by atoms with van der Waals surface area (Å²) in [4.78, 5) is 14.4. The lowest BCUT2D eigenvalue weighted by atomic mass is 10.3. The van der Waals surface area contributed by atoms with Crippen LogP contribution in [0.5, 0.6) is 0 Å². The first kappa shape index (κ1) is 9.72. The highest BCUT2D eigenvalue weighted by atomic mass is 32.1. The zero-order valence-corrected chi connectivity index (χ0v) is 8.45. The van der Waals surface area contributed by atoms with E-state index in [-0.39, 0.29) is 5.69 Å². The second kappa shape index (κ2) is 4.14. The second-order valence-electron chi connectivity index (χ2n) is 2.83. The largest absolute Gasteiger partial charge is 0.476 e. The summed E-state index contributed by atoms with van der Waals surface area (Å²) in [5, 5.41) is 13.7. The van der Waals surface area contributed by atoms with E-state index in [1.54, 1.807) is 12.5 Å². The highest BCUT2D eigenvalue weighted by Gasteiger charge is 2.07. The minimum atomic E-state index is -1.01. The summed E-state index contributed by atoms with van der Waals surface area (Å²) in [6.07, 6.45) is 3.21. The molecule has 15 heavy (non-hydrogen) atoms. The van der Waals surface area contributed by atoms with Crippen LogP contribution in [-0.2, 0) is 6.54 Å². The number of furan rings is 1. The number of thiazole rings is 1. The van der Waals surface area contributed by atoms with Crippen molar-refractivity contribution in [2.45, 2.75) is 6.54 Å². The van der Waals surface area contributed by atoms with Crippen LogP contribution in [0.25, 0.3) is 0 Å². The van der Waals surface area contributed by atoms with Gasteiger partial charge in [0.05, 0.1) is 12.5 Å². The molecule has 2 heterocycles. The van der Waals surface area contributed by atoms with E-state index in [4.69, 9.17) is 9.52 Å². The van der Waals surface area contributed by atoms with Gasteiger partial charge >= 0.3 is 5.97 Å². The van der Waals surface area contributed by atoms with Gasteiger partial charge in [-0.25, -0.2) is 9.78 Å². The lowest BCUT2D eigenvalue weighted by Crippen LogP contribution is -2.00. The van der Waals surface area contributed by atoms with Gasteiger partial charge in [-0.3, -0.25) is 0 Å². The molecule has 6 heteroatoms. The Kier molecular flexibility index (Phi) is 2.68. The molecule has 2 N–H and O–H groups in total. The molecule has 0 bridgehead atoms. The second-order valence-corrected chi connectivity index (χ2v) is 3.69. The number of carboxylic acids is 1. The van der Waals surface area contributed by atoms with Gasteiger partial charge in [0.25, 0.3) is 0 Å². The van der Waals surface area contributed by atoms with E-state index < -0.39 is 5.97 Å². The molecule has 0 atom stereocenters. The molecule has 0 aliphatic carbocycles. The summed E-state index contributed by atoms with van der Waals surface area (Å²) in [5.41, 5.74) is 1.05. The molecule has 0 saturated carbocycles. The number of carbonyl (C=O) groups is 1. The van der Waals surface area contributed by atoms with Gasteiger partial charge in [0, 0.05) is 17.5 Å². The number of hydrogen-bond donors (Lipinski definition) is 2. The van der Waals surface area contributed by atoms with E-state index in [0.29, 0.717) is 11.7 Å². The highest BCUT2D eigenvalue weighted by molar-refractivity contribution is 7.13. The van der Waals surface area contributed by atoms with E-state index in [1.165, 1.54) is 16.7 Å². The number of rotatable bonds is 4. The minimum absolute atomic E-state index is 0.0645. The Balaban J connectivity index is 1.96. The molecule has 78 valence electrons. The van der Waals surface area contributed by atoms with E-state index in [0.717, 1.165) is 5.56 Å². The molecular weight excluding hydrogens is 216 g/mol. The summed E-state index contributed by atoms with van der Waals surface area (Å²) in [6.45, 7) is 0.572. The first-order valence-electron chi connectivity index (χ1n) is 4.19. The topological polar surface area (TPSA) is 75.4 Å². The molecule has 2 aromatic rings. The van der Waals surface area contributed by atoms with Gasteiger partial charge in [-0.2, -0.15) is 0 Å². The highest BCUT2D eigenvalue weighted by Crippen LogP contribution is 2.16. The van der Waals surface area contributed by atoms with Crippen LogP contribution in [-0.4, -0.2) is 16.1 Å². The minimum Gasteiger partial charge on any atom is -0.476 e. The Morgan fingerprint density at radius 1 is 1.67 bits per heavy atom. The maximum absolute atomic E-state index is 10.5. The number of anilines is 1. The zero-order valence-electron chi connectivity index (χ0n) is 7.64. The molecular formula is C9H8N2O3S. The summed E-state index contributed by atoms with van der Waals surface area (Å²) in [7, 11) is 0. The molecule has 5 nitrogen and oxygen atoms in total. The fourth-order valence-electron chi connectivity index (χ4n) is 1.02. The number of aromatic nitrogens is 1. The van der Waals surface area contributed by atoms with E-state index >= 15 is 0 Å². The smallest absolute Gasteiger partial charge is 0.355 e. The van der Waals surface area contributed by atoms with Gasteiger partial charge in [0.2, 0.25) is 0 Å². The monoisotopic (exact) mass is 224 g/mol. The molecule has 0 radical (unpaired) electrons. The van der Waals surface area contributed by atoms with E-state index in [9.17, 15) is 4.79 Å². The first-order valence-corrected chi connectivity index (χ1v) is 5.07. The van der Waals surface area contributed by atoms with Gasteiger partial charge < -0.3 is 14.8 Å². The molecule has 2 aromatic heterocycles. The van der Waals surface area contributed by atoms with Crippen LogP contribution >= 0.6 is 11.3 Å². The van der Waals surface area contributed by atoms with Crippen molar-refractivity contribution < 1.29 is 14.3 Å². The van der Waals surface area contributed by atoms with Crippen LogP contribution in [0.15, 0.2) is 28.4 Å². The van der Waals surface area contributed by atoms with Crippen molar-refractivity contribution in [1.82, 2.24) is 4.98 Å². The van der Waals surface area contributed by atoms with Crippen molar-refractivity contribution in [1.29, 1.82) is 0 Å². The average molecular weight is 224 g/mol. The number of aromatic carboxylic acids is 1. The normalized spacial score (nSPS) is 10.1. The third kappa shape index (κ3) is 2.35. The maximum atomic E-state index is 10.5. The van der Waals surface area contributed by atoms with Gasteiger partial charge in [-0.1, -0.05) is 0 Å². The van der Waals surface area contributed by atoms with Crippen molar-refractivity contribution in [2.24, 2.45) is 0 Å². The van der Waals surface area contributed by atoms with Gasteiger partial charge in [0.1, 0.15) is 0 Å². The molecule has 0 aliphatic rings. The van der Waals surface area contributed by atoms with Gasteiger partial charge in [-0.15, -0.1) is 11.3 Å². The van der Waals surface area contributed by atoms with E-state index in [1.807, 2.05) is 6.07 Å². The van der Waals surface area contributed by atoms with Gasteiger partial charge in [-0.05, 0) is 6.07 Å². The molecule has 0 unspecified atom stereocenters. The zero-order chi connectivity index (χ0) is 10.7. The average Bonchev–Trinajstić information content (AvgIpc) is 2.86. The fraction of sp³-hybridized carbons (Fsp3) is 0.111. The Morgan fingerprint density at radius 3 is 3.13 bits per heavy atom. The predicted octanol–water partition coefficient (Wildman–Crippen LogP) is 2.05. The van der Waals surface area contributed by atoms with Crippen LogP contribution in [0.2, 0.25) is 0 Å². The predicted molar refractivity (Wildman–Crippen MR) is 55.1 cm³/mol. The van der Waals surface area contributed by atoms with Crippen LogP contribution in [0, 0.1) is 0 Å². The summed E-state index contributed by atoms with van der Waals surface area (Å²) >= 11 is 1.27. The van der Waals surface area contributed by atoms with Crippen LogP contribution in [0.1, 0.15) is 16.1 Å². The lowest BCUT2D eigenvalue weighted by molar-refractivity contribution is 0.0691. The Morgan fingerprint density at radius 2 is 2.53 bits per heavy atom. The van der Waals surface area contributed by atoms with Crippen LogP contribution < -0.4 is 5.32 Å². The summed E-state index contributed by atoms with van der Waals surface area (Å²) in [6, 6.07) is 1.83. The van der Waals surface area contributed by atoms with Gasteiger partial charge in [0.15, 0.2) is 10.8 Å². The Labute approximate surface area is 89.4 Å². The Hall–Kier alpha value is -1.82. The third-order valence-electron chi connectivity index (χ3n) is 1.75. The van der Waals surface area contributed by atoms with Crippen LogP contribution in [0.3, 0.4) is 0 Å². The van der Waals surface area contributed by atoms with E-state index in [2.05, 4.69) is 10.3 Å². The quantitative estimate of drug-likeness (QED) is 0.831. The summed E-state index contributed by atoms with van der Waals surface area (Å²) < 4.78 is 4.90. The van der Waals surface area contributed by atoms with Crippen LogP contribution in [0.4, 0.5) is 5.13 Å². The van der Waals surface area contributed by atoms with Crippen molar-refractivity contribution in [3.05, 3.63) is 35.2 Å². The molecule has 0 spiro atoms. The first-order chi connectivity index (χ1) is 7.25. The molecule has 0 aromatic carbocycles. The fourth-order valence-corrected chi connectivity index (χ4v) is 1.71. The van der Waals surface area contributed by atoms with Crippen molar-refractivity contribution in [3.8, 4) is 0 Å². The molecule has 0 aliphatic heterocycles. The lowest BCUT2D eigenvalue weighted by Gasteiger charge is -1.97. The molecule has 0 fully saturated rings. The number of nitrogens with one attached hydrogen (secondary N) is 1. The maximum Gasteiger partial charge on any atom is 0.355 e. The SMILES string of the molecule is O=C(O)c1csc(NCc2ccoc2)n1. The van der Waals surface area contributed by atoms with Crippen molar-refractivity contribution in [2.75, 3.05) is 5.32 Å². The van der Waals surface area contributed by atoms with Crippen molar-refractivity contribution >= 4 is 22.4 Å². The number of nitrogens with zero attached hydrogens (tertiary/aromatic N) is 1. The number of hydrogen-bond acceptors (Lipinski definition) is 5. The third-order valence-corrected chi connectivity index (χ3v) is 2.55.